The third-order valence-electron chi connectivity index (χ3n) is 12.3. The monoisotopic (exact) mass is 801 g/mol. The zero-order valence-electron chi connectivity index (χ0n) is 34.8. The first-order valence-electron chi connectivity index (χ1n) is 21.7. The van der Waals surface area contributed by atoms with E-state index >= 15 is 0 Å². The van der Waals surface area contributed by atoms with Crippen LogP contribution in [0.3, 0.4) is 0 Å². The molecule has 11 aromatic rings. The number of anilines is 3. The molecule has 0 aromatic heterocycles. The maximum Gasteiger partial charge on any atom is 0.0624 e. The highest BCUT2D eigenvalue weighted by Gasteiger charge is 2.24. The van der Waals surface area contributed by atoms with Gasteiger partial charge in [0.05, 0.1) is 5.69 Å². The van der Waals surface area contributed by atoms with Crippen molar-refractivity contribution in [1.29, 1.82) is 0 Å². The highest BCUT2D eigenvalue weighted by molar-refractivity contribution is 6.22. The van der Waals surface area contributed by atoms with Crippen molar-refractivity contribution in [2.45, 2.75) is 0 Å². The van der Waals surface area contributed by atoms with E-state index < -0.39 is 0 Å². The van der Waals surface area contributed by atoms with E-state index in [9.17, 15) is 0 Å². The molecular weight excluding hydrogens is 759 g/mol. The van der Waals surface area contributed by atoms with Gasteiger partial charge in [-0.3, -0.25) is 0 Å². The summed E-state index contributed by atoms with van der Waals surface area (Å²) in [5.41, 5.74) is 17.7. The van der Waals surface area contributed by atoms with Crippen LogP contribution in [0.25, 0.3) is 88.3 Å². The second-order valence-electron chi connectivity index (χ2n) is 16.0. The van der Waals surface area contributed by atoms with Gasteiger partial charge in [-0.05, 0) is 108 Å². The molecule has 1 nitrogen and oxygen atoms in total. The van der Waals surface area contributed by atoms with Gasteiger partial charge in [-0.15, -0.1) is 0 Å². The third kappa shape index (κ3) is 7.26. The SMILES string of the molecule is c1ccc(-c2ccc(N(c3ccc(-c4ccccc4-c4ccccc4)cc3)c3c(-c4ccc(-c5cccc(-c6ccccc6)c5)cc4)c4ccccc4c4ccccc34)cc2)cc1. The molecule has 1 heteroatoms. The Hall–Kier alpha value is -8.26. The van der Waals surface area contributed by atoms with Gasteiger partial charge in [0.1, 0.15) is 0 Å². The van der Waals surface area contributed by atoms with E-state index in [1.807, 2.05) is 0 Å². The van der Waals surface area contributed by atoms with Crippen LogP contribution in [0, 0.1) is 0 Å². The summed E-state index contributed by atoms with van der Waals surface area (Å²) >= 11 is 0. The Bertz CT molecular complexity index is 3340. The van der Waals surface area contributed by atoms with Crippen molar-refractivity contribution in [3.63, 3.8) is 0 Å². The molecule has 0 radical (unpaired) electrons. The molecule has 0 bridgehead atoms. The van der Waals surface area contributed by atoms with E-state index in [1.54, 1.807) is 0 Å². The van der Waals surface area contributed by atoms with Crippen LogP contribution in [-0.2, 0) is 0 Å². The number of hydrogen-bond donors (Lipinski definition) is 0. The lowest BCUT2D eigenvalue weighted by atomic mass is 9.89. The fraction of sp³-hybridized carbons (Fsp3) is 0. The predicted octanol–water partition coefficient (Wildman–Crippen LogP) is 17.5. The molecule has 0 saturated carbocycles. The average Bonchev–Trinajstić information content (AvgIpc) is 3.38. The molecule has 0 heterocycles. The second-order valence-corrected chi connectivity index (χ2v) is 16.0. The minimum atomic E-state index is 1.08. The Morgan fingerprint density at radius 2 is 0.540 bits per heavy atom. The van der Waals surface area contributed by atoms with Gasteiger partial charge in [-0.1, -0.05) is 231 Å². The van der Waals surface area contributed by atoms with Crippen LogP contribution in [0.1, 0.15) is 0 Å². The summed E-state index contributed by atoms with van der Waals surface area (Å²) < 4.78 is 0. The lowest BCUT2D eigenvalue weighted by Gasteiger charge is -2.31. The zero-order valence-corrected chi connectivity index (χ0v) is 34.8. The Balaban J connectivity index is 1.11. The lowest BCUT2D eigenvalue weighted by Crippen LogP contribution is -2.12. The average molecular weight is 802 g/mol. The molecule has 0 amide bonds. The molecule has 0 aliphatic heterocycles. The number of nitrogens with zero attached hydrogens (tertiary/aromatic N) is 1. The Morgan fingerprint density at radius 1 is 0.206 bits per heavy atom. The lowest BCUT2D eigenvalue weighted by molar-refractivity contribution is 1.30. The molecule has 296 valence electrons. The second kappa shape index (κ2) is 16.7. The highest BCUT2D eigenvalue weighted by Crippen LogP contribution is 2.50. The van der Waals surface area contributed by atoms with Crippen molar-refractivity contribution >= 4 is 38.6 Å². The van der Waals surface area contributed by atoms with Crippen LogP contribution >= 0.6 is 0 Å². The van der Waals surface area contributed by atoms with Crippen LogP contribution in [0.15, 0.2) is 261 Å². The van der Waals surface area contributed by atoms with Gasteiger partial charge in [0.25, 0.3) is 0 Å². The summed E-state index contributed by atoms with van der Waals surface area (Å²) in [6, 6.07) is 94.7. The van der Waals surface area contributed by atoms with Gasteiger partial charge in [-0.2, -0.15) is 0 Å². The molecule has 11 rings (SSSR count). The summed E-state index contributed by atoms with van der Waals surface area (Å²) in [4.78, 5) is 2.48. The van der Waals surface area contributed by atoms with E-state index in [2.05, 4.69) is 266 Å². The first kappa shape index (κ1) is 37.7. The standard InChI is InChI=1S/C62H43N/c1-4-17-44(18-5-1)46-35-39-53(40-36-46)63(54-41-37-49(38-42-54)56-26-11-10-25-55(56)48-21-8-3-9-22-48)62-60-30-15-13-28-58(60)57-27-12-14-29-59(57)61(62)50-33-31-47(32-34-50)52-24-16-23-51(43-52)45-19-6-2-7-20-45/h1-43H. The first-order chi connectivity index (χ1) is 31.3. The first-order valence-corrected chi connectivity index (χ1v) is 21.7. The van der Waals surface area contributed by atoms with E-state index in [0.717, 1.165) is 22.6 Å². The van der Waals surface area contributed by atoms with Crippen molar-refractivity contribution in [2.24, 2.45) is 0 Å². The summed E-state index contributed by atoms with van der Waals surface area (Å²) in [5, 5.41) is 4.86. The fourth-order valence-corrected chi connectivity index (χ4v) is 9.22. The minimum Gasteiger partial charge on any atom is -0.309 e. The quantitative estimate of drug-likeness (QED) is 0.131. The maximum absolute atomic E-state index is 2.48. The fourth-order valence-electron chi connectivity index (χ4n) is 9.22. The van der Waals surface area contributed by atoms with Crippen LogP contribution < -0.4 is 4.90 Å². The van der Waals surface area contributed by atoms with Gasteiger partial charge in [0.15, 0.2) is 0 Å². The predicted molar refractivity (Wildman–Crippen MR) is 269 cm³/mol. The highest BCUT2D eigenvalue weighted by atomic mass is 15.1. The van der Waals surface area contributed by atoms with Crippen molar-refractivity contribution in [3.8, 4) is 66.8 Å². The molecule has 63 heavy (non-hydrogen) atoms. The van der Waals surface area contributed by atoms with Crippen molar-refractivity contribution in [1.82, 2.24) is 0 Å². The molecule has 0 unspecified atom stereocenters. The number of benzene rings is 11. The largest absolute Gasteiger partial charge is 0.309 e. The Labute approximate surface area is 369 Å². The molecule has 11 aromatic carbocycles. The number of rotatable bonds is 9. The van der Waals surface area contributed by atoms with Crippen LogP contribution in [0.4, 0.5) is 17.1 Å². The topological polar surface area (TPSA) is 3.24 Å². The summed E-state index contributed by atoms with van der Waals surface area (Å²) in [7, 11) is 0. The minimum absolute atomic E-state index is 1.08. The van der Waals surface area contributed by atoms with Gasteiger partial charge in [0, 0.05) is 22.3 Å². The maximum atomic E-state index is 2.48. The Kier molecular flexibility index (Phi) is 9.97. The van der Waals surface area contributed by atoms with Crippen molar-refractivity contribution in [3.05, 3.63) is 261 Å². The molecule has 0 fully saturated rings. The molecule has 0 spiro atoms. The molecular formula is C62H43N. The van der Waals surface area contributed by atoms with E-state index in [4.69, 9.17) is 0 Å². The van der Waals surface area contributed by atoms with Crippen LogP contribution in [0.2, 0.25) is 0 Å². The Morgan fingerprint density at radius 3 is 1.10 bits per heavy atom. The summed E-state index contributed by atoms with van der Waals surface area (Å²) in [5.74, 6) is 0. The van der Waals surface area contributed by atoms with Crippen LogP contribution in [-0.4, -0.2) is 0 Å². The van der Waals surface area contributed by atoms with Gasteiger partial charge >= 0.3 is 0 Å². The number of fused-ring (bicyclic) bond motifs is 3. The van der Waals surface area contributed by atoms with E-state index in [0.29, 0.717) is 0 Å². The molecule has 0 N–H and O–H groups in total. The van der Waals surface area contributed by atoms with Gasteiger partial charge < -0.3 is 4.90 Å². The van der Waals surface area contributed by atoms with Crippen LogP contribution in [0.5, 0.6) is 0 Å². The zero-order chi connectivity index (χ0) is 42.0. The smallest absolute Gasteiger partial charge is 0.0624 e. The molecule has 0 aliphatic rings. The van der Waals surface area contributed by atoms with E-state index in [-0.39, 0.29) is 0 Å². The molecule has 0 atom stereocenters. The normalized spacial score (nSPS) is 11.2. The third-order valence-corrected chi connectivity index (χ3v) is 12.3. The van der Waals surface area contributed by atoms with Gasteiger partial charge in [-0.25, -0.2) is 0 Å². The summed E-state index contributed by atoms with van der Waals surface area (Å²) in [6.07, 6.45) is 0. The van der Waals surface area contributed by atoms with E-state index in [1.165, 1.54) is 82.7 Å². The molecule has 0 aliphatic carbocycles. The van der Waals surface area contributed by atoms with Crippen molar-refractivity contribution < 1.29 is 0 Å². The number of hydrogen-bond acceptors (Lipinski definition) is 1. The van der Waals surface area contributed by atoms with Crippen molar-refractivity contribution in [2.75, 3.05) is 4.90 Å². The molecule has 0 saturated heterocycles. The van der Waals surface area contributed by atoms with Gasteiger partial charge in [0.2, 0.25) is 0 Å². The summed E-state index contributed by atoms with van der Waals surface area (Å²) in [6.45, 7) is 0.